The predicted octanol–water partition coefficient (Wildman–Crippen LogP) is 2.36. The number of fused-ring (bicyclic) bond motifs is 1. The van der Waals surface area contributed by atoms with E-state index in [1.165, 1.54) is 22.8 Å². The Morgan fingerprint density at radius 1 is 1.36 bits per heavy atom. The largest absolute Gasteiger partial charge is 0.484 e. The SMILES string of the molecule is CCCCn1c(=O)[nH]c(=O)c2c1nc(COc1ccc([N+](=O)[O-])cc1Cl)n2C. The zero-order chi connectivity index (χ0) is 20.4. The van der Waals surface area contributed by atoms with Gasteiger partial charge in [0.2, 0.25) is 0 Å². The zero-order valence-electron chi connectivity index (χ0n) is 15.3. The fourth-order valence-electron chi connectivity index (χ4n) is 2.81. The van der Waals surface area contributed by atoms with Crippen LogP contribution in [0.3, 0.4) is 0 Å². The summed E-state index contributed by atoms with van der Waals surface area (Å²) in [4.78, 5) is 41.3. The highest BCUT2D eigenvalue weighted by Crippen LogP contribution is 2.29. The number of halogens is 1. The molecule has 0 aliphatic rings. The number of imidazole rings is 1. The second-order valence-electron chi connectivity index (χ2n) is 6.18. The maximum atomic E-state index is 12.2. The third kappa shape index (κ3) is 3.63. The van der Waals surface area contributed by atoms with Gasteiger partial charge in [-0.1, -0.05) is 24.9 Å². The van der Waals surface area contributed by atoms with Crippen LogP contribution in [0.15, 0.2) is 27.8 Å². The maximum absolute atomic E-state index is 12.2. The van der Waals surface area contributed by atoms with Gasteiger partial charge in [-0.15, -0.1) is 0 Å². The van der Waals surface area contributed by atoms with Crippen LogP contribution in [0.5, 0.6) is 5.75 Å². The number of aromatic amines is 1. The number of unbranched alkanes of at least 4 members (excludes halogenated alkanes) is 1. The summed E-state index contributed by atoms with van der Waals surface area (Å²) in [5.41, 5.74) is -0.619. The molecule has 0 saturated carbocycles. The van der Waals surface area contributed by atoms with Gasteiger partial charge in [0, 0.05) is 25.7 Å². The minimum atomic E-state index is -0.553. The van der Waals surface area contributed by atoms with Crippen molar-refractivity contribution in [2.45, 2.75) is 32.9 Å². The zero-order valence-corrected chi connectivity index (χ0v) is 16.0. The standard InChI is InChI=1S/C17H18ClN5O5/c1-3-4-7-22-15-14(16(24)20-17(22)25)21(2)13(19-15)9-28-12-6-5-10(23(26)27)8-11(12)18/h5-6,8H,3-4,7,9H2,1-2H3,(H,20,24,25). The number of nitrogens with zero attached hydrogens (tertiary/aromatic N) is 4. The Kier molecular flexibility index (Phi) is 5.50. The van der Waals surface area contributed by atoms with E-state index in [1.807, 2.05) is 6.92 Å². The highest BCUT2D eigenvalue weighted by molar-refractivity contribution is 6.32. The molecule has 3 rings (SSSR count). The number of benzene rings is 1. The van der Waals surface area contributed by atoms with Crippen LogP contribution in [-0.4, -0.2) is 24.0 Å². The molecule has 148 valence electrons. The Bertz CT molecular complexity index is 1160. The van der Waals surface area contributed by atoms with Gasteiger partial charge in [-0.25, -0.2) is 9.78 Å². The van der Waals surface area contributed by atoms with Crippen molar-refractivity contribution >= 4 is 28.5 Å². The van der Waals surface area contributed by atoms with Gasteiger partial charge in [-0.05, 0) is 12.5 Å². The fourth-order valence-corrected chi connectivity index (χ4v) is 3.04. The van der Waals surface area contributed by atoms with Crippen molar-refractivity contribution in [3.63, 3.8) is 0 Å². The number of ether oxygens (including phenoxy) is 1. The van der Waals surface area contributed by atoms with E-state index in [0.717, 1.165) is 12.8 Å². The summed E-state index contributed by atoms with van der Waals surface area (Å²) >= 11 is 6.03. The van der Waals surface area contributed by atoms with Crippen LogP contribution < -0.4 is 16.0 Å². The van der Waals surface area contributed by atoms with Crippen LogP contribution in [0.4, 0.5) is 5.69 Å². The van der Waals surface area contributed by atoms with E-state index in [1.54, 1.807) is 11.6 Å². The molecule has 0 atom stereocenters. The molecule has 0 fully saturated rings. The summed E-state index contributed by atoms with van der Waals surface area (Å²) in [5.74, 6) is 0.655. The highest BCUT2D eigenvalue weighted by Gasteiger charge is 2.17. The van der Waals surface area contributed by atoms with E-state index >= 15 is 0 Å². The van der Waals surface area contributed by atoms with E-state index in [2.05, 4.69) is 9.97 Å². The molecule has 1 aromatic carbocycles. The monoisotopic (exact) mass is 407 g/mol. The van der Waals surface area contributed by atoms with Crippen molar-refractivity contribution in [1.29, 1.82) is 0 Å². The molecule has 0 amide bonds. The Hall–Kier alpha value is -3.14. The summed E-state index contributed by atoms with van der Waals surface area (Å²) < 4.78 is 8.61. The number of rotatable bonds is 7. The van der Waals surface area contributed by atoms with Crippen LogP contribution in [0.1, 0.15) is 25.6 Å². The molecule has 1 N–H and O–H groups in total. The van der Waals surface area contributed by atoms with Crippen LogP contribution in [0, 0.1) is 10.1 Å². The molecule has 0 bridgehead atoms. The van der Waals surface area contributed by atoms with Crippen molar-refractivity contribution in [1.82, 2.24) is 19.1 Å². The van der Waals surface area contributed by atoms with Gasteiger partial charge in [0.15, 0.2) is 11.2 Å². The van der Waals surface area contributed by atoms with Crippen LogP contribution >= 0.6 is 11.6 Å². The lowest BCUT2D eigenvalue weighted by Gasteiger charge is -2.07. The maximum Gasteiger partial charge on any atom is 0.330 e. The van der Waals surface area contributed by atoms with Gasteiger partial charge in [0.1, 0.15) is 18.2 Å². The van der Waals surface area contributed by atoms with Gasteiger partial charge in [0.05, 0.1) is 9.95 Å². The number of hydrogen-bond donors (Lipinski definition) is 1. The Morgan fingerprint density at radius 3 is 2.75 bits per heavy atom. The first-order chi connectivity index (χ1) is 13.3. The number of non-ortho nitro benzene ring substituents is 1. The first-order valence-corrected chi connectivity index (χ1v) is 8.96. The summed E-state index contributed by atoms with van der Waals surface area (Å²) in [6, 6.07) is 3.87. The normalized spacial score (nSPS) is 11.1. The second-order valence-corrected chi connectivity index (χ2v) is 6.59. The molecule has 0 radical (unpaired) electrons. The summed E-state index contributed by atoms with van der Waals surface area (Å²) in [6.45, 7) is 2.40. The molecule has 11 heteroatoms. The highest BCUT2D eigenvalue weighted by atomic mass is 35.5. The van der Waals surface area contributed by atoms with Crippen LogP contribution in [0.2, 0.25) is 5.02 Å². The van der Waals surface area contributed by atoms with Crippen LogP contribution in [-0.2, 0) is 20.2 Å². The average molecular weight is 408 g/mol. The molecular weight excluding hydrogens is 390 g/mol. The second kappa shape index (κ2) is 7.85. The third-order valence-corrected chi connectivity index (χ3v) is 4.62. The van der Waals surface area contributed by atoms with Gasteiger partial charge in [-0.2, -0.15) is 0 Å². The smallest absolute Gasteiger partial charge is 0.330 e. The lowest BCUT2D eigenvalue weighted by molar-refractivity contribution is -0.384. The van der Waals surface area contributed by atoms with Crippen molar-refractivity contribution in [2.24, 2.45) is 7.05 Å². The number of H-pyrrole nitrogens is 1. The van der Waals surface area contributed by atoms with Crippen molar-refractivity contribution < 1.29 is 9.66 Å². The van der Waals surface area contributed by atoms with E-state index in [4.69, 9.17) is 16.3 Å². The lowest BCUT2D eigenvalue weighted by atomic mass is 10.3. The topological polar surface area (TPSA) is 125 Å². The number of hydrogen-bond acceptors (Lipinski definition) is 6. The Morgan fingerprint density at radius 2 is 2.11 bits per heavy atom. The number of nitro groups is 1. The summed E-state index contributed by atoms with van der Waals surface area (Å²) in [6.07, 6.45) is 1.65. The summed E-state index contributed by atoms with van der Waals surface area (Å²) in [7, 11) is 1.65. The van der Waals surface area contributed by atoms with E-state index in [-0.39, 0.29) is 34.2 Å². The molecule has 3 aromatic rings. The van der Waals surface area contributed by atoms with Gasteiger partial charge in [0.25, 0.3) is 11.2 Å². The van der Waals surface area contributed by atoms with Gasteiger partial charge in [-0.3, -0.25) is 24.5 Å². The Balaban J connectivity index is 1.95. The number of aryl methyl sites for hydroxylation is 2. The lowest BCUT2D eigenvalue weighted by Crippen LogP contribution is -2.31. The fraction of sp³-hybridized carbons (Fsp3) is 0.353. The average Bonchev–Trinajstić information content (AvgIpc) is 2.97. The van der Waals surface area contributed by atoms with Crippen LogP contribution in [0.25, 0.3) is 11.2 Å². The minimum Gasteiger partial charge on any atom is -0.484 e. The molecular formula is C17H18ClN5O5. The van der Waals surface area contributed by atoms with Gasteiger partial charge < -0.3 is 9.30 Å². The van der Waals surface area contributed by atoms with Crippen molar-refractivity contribution in [2.75, 3.05) is 0 Å². The third-order valence-electron chi connectivity index (χ3n) is 4.32. The number of nitrogens with one attached hydrogen (secondary N) is 1. The predicted molar refractivity (Wildman–Crippen MR) is 103 cm³/mol. The van der Waals surface area contributed by atoms with Crippen molar-refractivity contribution in [3.8, 4) is 5.75 Å². The van der Waals surface area contributed by atoms with E-state index in [9.17, 15) is 19.7 Å². The molecule has 28 heavy (non-hydrogen) atoms. The Labute approximate surface area is 163 Å². The minimum absolute atomic E-state index is 0.0376. The molecule has 0 spiro atoms. The quantitative estimate of drug-likeness (QED) is 0.473. The first-order valence-electron chi connectivity index (χ1n) is 8.58. The summed E-state index contributed by atoms with van der Waals surface area (Å²) in [5, 5.41) is 10.9. The molecule has 0 saturated heterocycles. The first kappa shape index (κ1) is 19.6. The molecule has 2 heterocycles. The van der Waals surface area contributed by atoms with E-state index < -0.39 is 16.2 Å². The number of nitro benzene ring substituents is 1. The molecule has 0 aliphatic carbocycles. The molecule has 0 unspecified atom stereocenters. The van der Waals surface area contributed by atoms with E-state index in [0.29, 0.717) is 12.4 Å². The van der Waals surface area contributed by atoms with Gasteiger partial charge >= 0.3 is 5.69 Å². The number of aromatic nitrogens is 4. The van der Waals surface area contributed by atoms with Crippen molar-refractivity contribution in [3.05, 3.63) is 60.0 Å². The molecule has 10 nitrogen and oxygen atoms in total. The molecule has 2 aromatic heterocycles. The molecule has 0 aliphatic heterocycles.